The fourth-order valence-electron chi connectivity index (χ4n) is 3.31. The van der Waals surface area contributed by atoms with Crippen molar-refractivity contribution in [3.8, 4) is 0 Å². The number of aryl methyl sites for hydroxylation is 2. The first kappa shape index (κ1) is 17.1. The van der Waals surface area contributed by atoms with Crippen LogP contribution >= 0.6 is 0 Å². The average molecular weight is 349 g/mol. The molecule has 0 radical (unpaired) electrons. The van der Waals surface area contributed by atoms with Gasteiger partial charge in [0, 0.05) is 38.6 Å². The summed E-state index contributed by atoms with van der Waals surface area (Å²) in [4.78, 5) is 4.47. The molecule has 0 aromatic carbocycles. The van der Waals surface area contributed by atoms with Gasteiger partial charge in [0.15, 0.2) is 0 Å². The van der Waals surface area contributed by atoms with Crippen LogP contribution in [-0.2, 0) is 16.6 Å². The van der Waals surface area contributed by atoms with E-state index in [2.05, 4.69) is 15.4 Å². The van der Waals surface area contributed by atoms with Gasteiger partial charge in [-0.3, -0.25) is 9.67 Å². The summed E-state index contributed by atoms with van der Waals surface area (Å²) in [5.41, 5.74) is 2.14. The van der Waals surface area contributed by atoms with Crippen molar-refractivity contribution in [1.29, 1.82) is 0 Å². The first-order valence-corrected chi connectivity index (χ1v) is 9.57. The lowest BCUT2D eigenvalue weighted by molar-refractivity contribution is 0.271. The monoisotopic (exact) mass is 349 g/mol. The van der Waals surface area contributed by atoms with Crippen LogP contribution in [0, 0.1) is 13.8 Å². The second-order valence-electron chi connectivity index (χ2n) is 5.94. The topological polar surface area (TPSA) is 80.1 Å². The highest BCUT2D eigenvalue weighted by Gasteiger charge is 2.37. The third kappa shape index (κ3) is 2.85. The van der Waals surface area contributed by atoms with Gasteiger partial charge >= 0.3 is 0 Å². The summed E-state index contributed by atoms with van der Waals surface area (Å²) in [7, 11) is -3.63. The Morgan fingerprint density at radius 2 is 2.17 bits per heavy atom. The molecule has 3 rings (SSSR count). The lowest BCUT2D eigenvalue weighted by Gasteiger charge is -2.35. The van der Waals surface area contributed by atoms with Crippen LogP contribution < -0.4 is 5.32 Å². The number of aromatic nitrogens is 3. The van der Waals surface area contributed by atoms with Crippen LogP contribution in [0.4, 0.5) is 0 Å². The van der Waals surface area contributed by atoms with Crippen LogP contribution in [0.3, 0.4) is 0 Å². The molecule has 0 amide bonds. The maximum absolute atomic E-state index is 13.4. The first-order valence-electron chi connectivity index (χ1n) is 8.13. The van der Waals surface area contributed by atoms with E-state index in [0.29, 0.717) is 42.5 Å². The standard InChI is InChI=1S/C16H23N5O2S/c1-4-20-13(3)16(12(2)19-20)24(22,23)21-9-8-18-11-15(21)14-6-5-7-17-10-14/h5-7,10,15,18H,4,8-9,11H2,1-3H3. The van der Waals surface area contributed by atoms with Crippen molar-refractivity contribution in [3.63, 3.8) is 0 Å². The summed E-state index contributed by atoms with van der Waals surface area (Å²) in [5, 5.41) is 7.65. The van der Waals surface area contributed by atoms with E-state index in [-0.39, 0.29) is 6.04 Å². The minimum atomic E-state index is -3.63. The molecule has 2 aromatic rings. The van der Waals surface area contributed by atoms with Gasteiger partial charge in [0.1, 0.15) is 4.90 Å². The van der Waals surface area contributed by atoms with Gasteiger partial charge in [0.2, 0.25) is 10.0 Å². The summed E-state index contributed by atoms with van der Waals surface area (Å²) in [6.07, 6.45) is 3.42. The zero-order chi connectivity index (χ0) is 17.3. The molecule has 3 heterocycles. The number of rotatable bonds is 4. The summed E-state index contributed by atoms with van der Waals surface area (Å²) < 4.78 is 30.1. The van der Waals surface area contributed by atoms with E-state index in [9.17, 15) is 8.42 Å². The second-order valence-corrected chi connectivity index (χ2v) is 7.77. The van der Waals surface area contributed by atoms with Crippen molar-refractivity contribution in [2.45, 2.75) is 38.3 Å². The Morgan fingerprint density at radius 3 is 2.79 bits per heavy atom. The Balaban J connectivity index is 2.06. The molecule has 0 bridgehead atoms. The quantitative estimate of drug-likeness (QED) is 0.899. The zero-order valence-corrected chi connectivity index (χ0v) is 15.0. The van der Waals surface area contributed by atoms with E-state index >= 15 is 0 Å². The molecule has 1 unspecified atom stereocenters. The molecule has 0 saturated carbocycles. The highest BCUT2D eigenvalue weighted by atomic mass is 32.2. The van der Waals surface area contributed by atoms with Crippen LogP contribution in [0.2, 0.25) is 0 Å². The lowest BCUT2D eigenvalue weighted by Crippen LogP contribution is -2.48. The van der Waals surface area contributed by atoms with Crippen LogP contribution in [-0.4, -0.2) is 47.1 Å². The summed E-state index contributed by atoms with van der Waals surface area (Å²) in [6, 6.07) is 3.49. The maximum atomic E-state index is 13.4. The number of piperazine rings is 1. The van der Waals surface area contributed by atoms with Crippen LogP contribution in [0.1, 0.15) is 29.9 Å². The number of hydrogen-bond acceptors (Lipinski definition) is 5. The molecule has 8 heteroatoms. The summed E-state index contributed by atoms with van der Waals surface area (Å²) in [6.45, 7) is 7.82. The lowest BCUT2D eigenvalue weighted by atomic mass is 10.1. The molecule has 1 N–H and O–H groups in total. The Bertz CT molecular complexity index is 816. The average Bonchev–Trinajstić information content (AvgIpc) is 2.90. The second kappa shape index (κ2) is 6.62. The minimum Gasteiger partial charge on any atom is -0.313 e. The number of hydrogen-bond donors (Lipinski definition) is 1. The smallest absolute Gasteiger partial charge is 0.247 e. The molecule has 2 aromatic heterocycles. The van der Waals surface area contributed by atoms with Crippen molar-refractivity contribution in [1.82, 2.24) is 24.4 Å². The highest BCUT2D eigenvalue weighted by molar-refractivity contribution is 7.89. The number of nitrogens with zero attached hydrogens (tertiary/aromatic N) is 4. The molecule has 7 nitrogen and oxygen atoms in total. The first-order chi connectivity index (χ1) is 11.5. The highest BCUT2D eigenvalue weighted by Crippen LogP contribution is 2.31. The largest absolute Gasteiger partial charge is 0.313 e. The van der Waals surface area contributed by atoms with Crippen molar-refractivity contribution in [3.05, 3.63) is 41.5 Å². The third-order valence-corrected chi connectivity index (χ3v) is 6.61. The normalized spacial score (nSPS) is 19.5. The van der Waals surface area contributed by atoms with Gasteiger partial charge in [-0.1, -0.05) is 6.07 Å². The molecule has 1 atom stereocenters. The van der Waals surface area contributed by atoms with Gasteiger partial charge in [-0.25, -0.2) is 8.42 Å². The fourth-order valence-corrected chi connectivity index (χ4v) is 5.30. The Labute approximate surface area is 142 Å². The van der Waals surface area contributed by atoms with E-state index in [1.54, 1.807) is 28.3 Å². The molecular formula is C16H23N5O2S. The molecule has 1 aliphatic rings. The third-order valence-electron chi connectivity index (χ3n) is 4.44. The molecule has 24 heavy (non-hydrogen) atoms. The summed E-state index contributed by atoms with van der Waals surface area (Å²) in [5.74, 6) is 0. The Kier molecular flexibility index (Phi) is 4.71. The fraction of sp³-hybridized carbons (Fsp3) is 0.500. The zero-order valence-electron chi connectivity index (χ0n) is 14.2. The van der Waals surface area contributed by atoms with Crippen molar-refractivity contribution >= 4 is 10.0 Å². The van der Waals surface area contributed by atoms with E-state index in [4.69, 9.17) is 0 Å². The molecule has 1 aliphatic heterocycles. The molecule has 130 valence electrons. The van der Waals surface area contributed by atoms with Gasteiger partial charge in [-0.05, 0) is 32.4 Å². The predicted octanol–water partition coefficient (Wildman–Crippen LogP) is 1.25. The van der Waals surface area contributed by atoms with Crippen molar-refractivity contribution < 1.29 is 8.42 Å². The van der Waals surface area contributed by atoms with E-state index in [1.165, 1.54) is 0 Å². The minimum absolute atomic E-state index is 0.263. The number of nitrogens with one attached hydrogen (secondary N) is 1. The van der Waals surface area contributed by atoms with Crippen molar-refractivity contribution in [2.24, 2.45) is 0 Å². The van der Waals surface area contributed by atoms with E-state index in [1.807, 2.05) is 26.0 Å². The van der Waals surface area contributed by atoms with E-state index in [0.717, 1.165) is 5.56 Å². The Morgan fingerprint density at radius 1 is 1.38 bits per heavy atom. The van der Waals surface area contributed by atoms with Gasteiger partial charge in [-0.2, -0.15) is 9.40 Å². The van der Waals surface area contributed by atoms with Crippen molar-refractivity contribution in [2.75, 3.05) is 19.6 Å². The van der Waals surface area contributed by atoms with Gasteiger partial charge in [-0.15, -0.1) is 0 Å². The van der Waals surface area contributed by atoms with Gasteiger partial charge in [0.05, 0.1) is 17.4 Å². The molecule has 1 fully saturated rings. The van der Waals surface area contributed by atoms with Crippen LogP contribution in [0.5, 0.6) is 0 Å². The molecule has 0 aliphatic carbocycles. The van der Waals surface area contributed by atoms with Gasteiger partial charge < -0.3 is 5.32 Å². The predicted molar refractivity (Wildman–Crippen MR) is 91.1 cm³/mol. The SMILES string of the molecule is CCn1nc(C)c(S(=O)(=O)N2CCNCC2c2cccnc2)c1C. The maximum Gasteiger partial charge on any atom is 0.247 e. The molecule has 1 saturated heterocycles. The number of pyridine rings is 1. The Hall–Kier alpha value is -1.77. The van der Waals surface area contributed by atoms with E-state index < -0.39 is 10.0 Å². The van der Waals surface area contributed by atoms with Gasteiger partial charge in [0.25, 0.3) is 0 Å². The number of sulfonamides is 1. The van der Waals surface area contributed by atoms with Crippen LogP contribution in [0.25, 0.3) is 0 Å². The molecule has 0 spiro atoms. The summed E-state index contributed by atoms with van der Waals surface area (Å²) >= 11 is 0. The molecular weight excluding hydrogens is 326 g/mol. The van der Waals surface area contributed by atoms with Crippen LogP contribution in [0.15, 0.2) is 29.4 Å².